The number of rotatable bonds is 4. The Bertz CT molecular complexity index is 1150. The van der Waals surface area contributed by atoms with Crippen LogP contribution in [0.3, 0.4) is 0 Å². The number of nitrogens with zero attached hydrogens (tertiary/aromatic N) is 1. The number of hydrogen-bond acceptors (Lipinski definition) is 4. The van der Waals surface area contributed by atoms with E-state index in [-0.39, 0.29) is 11.3 Å². The van der Waals surface area contributed by atoms with Crippen molar-refractivity contribution in [3.8, 4) is 5.75 Å². The van der Waals surface area contributed by atoms with Gasteiger partial charge in [0, 0.05) is 5.56 Å². The lowest BCUT2D eigenvalue weighted by atomic mass is 9.94. The summed E-state index contributed by atoms with van der Waals surface area (Å²) in [4.78, 5) is 27.7. The fourth-order valence-electron chi connectivity index (χ4n) is 3.82. The van der Waals surface area contributed by atoms with Crippen molar-refractivity contribution in [2.75, 3.05) is 12.0 Å². The molecular weight excluding hydrogens is 378 g/mol. The second-order valence-corrected chi connectivity index (χ2v) is 7.12. The van der Waals surface area contributed by atoms with Gasteiger partial charge in [-0.2, -0.15) is 0 Å². The molecule has 1 N–H and O–H groups in total. The van der Waals surface area contributed by atoms with E-state index in [1.54, 1.807) is 48.5 Å². The highest BCUT2D eigenvalue weighted by Crippen LogP contribution is 2.44. The zero-order valence-electron chi connectivity index (χ0n) is 16.7. The average Bonchev–Trinajstić information content (AvgIpc) is 3.04. The number of benzene rings is 3. The molecule has 3 aromatic carbocycles. The molecule has 150 valence electrons. The Hall–Kier alpha value is -3.86. The van der Waals surface area contributed by atoms with E-state index < -0.39 is 17.7 Å². The Morgan fingerprint density at radius 1 is 0.933 bits per heavy atom. The quantitative estimate of drug-likeness (QED) is 0.395. The van der Waals surface area contributed by atoms with Crippen molar-refractivity contribution in [3.63, 3.8) is 0 Å². The van der Waals surface area contributed by atoms with Crippen LogP contribution < -0.4 is 9.64 Å². The van der Waals surface area contributed by atoms with Gasteiger partial charge in [-0.1, -0.05) is 72.3 Å². The minimum atomic E-state index is -0.776. The van der Waals surface area contributed by atoms with E-state index in [0.717, 1.165) is 11.1 Å². The minimum Gasteiger partial charge on any atom is -0.507 e. The van der Waals surface area contributed by atoms with Crippen molar-refractivity contribution in [2.24, 2.45) is 0 Å². The van der Waals surface area contributed by atoms with Crippen molar-refractivity contribution < 1.29 is 19.4 Å². The second-order valence-electron chi connectivity index (χ2n) is 7.12. The molecule has 0 aromatic heterocycles. The number of para-hydroxylation sites is 2. The van der Waals surface area contributed by atoms with Gasteiger partial charge in [0.05, 0.1) is 24.4 Å². The van der Waals surface area contributed by atoms with Crippen LogP contribution in [0.15, 0.2) is 84.4 Å². The predicted molar refractivity (Wildman–Crippen MR) is 115 cm³/mol. The molecule has 1 aliphatic heterocycles. The molecule has 4 rings (SSSR count). The maximum Gasteiger partial charge on any atom is 0.300 e. The maximum absolute atomic E-state index is 13.2. The monoisotopic (exact) mass is 399 g/mol. The first kappa shape index (κ1) is 19.5. The van der Waals surface area contributed by atoms with Crippen LogP contribution in [0.25, 0.3) is 5.76 Å². The van der Waals surface area contributed by atoms with E-state index in [0.29, 0.717) is 17.0 Å². The van der Waals surface area contributed by atoms with Crippen molar-refractivity contribution in [3.05, 3.63) is 101 Å². The third kappa shape index (κ3) is 3.24. The average molecular weight is 399 g/mol. The zero-order chi connectivity index (χ0) is 21.3. The molecule has 0 aliphatic carbocycles. The smallest absolute Gasteiger partial charge is 0.300 e. The summed E-state index contributed by atoms with van der Waals surface area (Å²) in [5.41, 5.74) is 2.73. The number of carbonyl (C=O) groups is 2. The lowest BCUT2D eigenvalue weighted by Crippen LogP contribution is -2.29. The number of amides is 1. The van der Waals surface area contributed by atoms with E-state index in [9.17, 15) is 14.7 Å². The molecule has 0 spiro atoms. The number of ketones is 1. The molecule has 30 heavy (non-hydrogen) atoms. The molecule has 0 radical (unpaired) electrons. The first-order valence-corrected chi connectivity index (χ1v) is 9.59. The van der Waals surface area contributed by atoms with Gasteiger partial charge in [-0.05, 0) is 24.6 Å². The summed E-state index contributed by atoms with van der Waals surface area (Å²) in [5.74, 6) is -1.16. The first-order chi connectivity index (χ1) is 14.5. The van der Waals surface area contributed by atoms with Gasteiger partial charge in [0.15, 0.2) is 0 Å². The first-order valence-electron chi connectivity index (χ1n) is 9.59. The number of hydrogen-bond donors (Lipinski definition) is 1. The number of anilines is 1. The Kier molecular flexibility index (Phi) is 5.11. The molecule has 1 unspecified atom stereocenters. The summed E-state index contributed by atoms with van der Waals surface area (Å²) in [5, 5.41) is 11.0. The molecule has 1 heterocycles. The van der Waals surface area contributed by atoms with Crippen LogP contribution in [0.1, 0.15) is 22.7 Å². The van der Waals surface area contributed by atoms with E-state index in [1.165, 1.54) is 12.0 Å². The molecule has 1 aliphatic rings. The van der Waals surface area contributed by atoms with Crippen LogP contribution >= 0.6 is 0 Å². The second kappa shape index (κ2) is 7.87. The number of ether oxygens (including phenoxy) is 1. The number of methoxy groups -OCH3 is 1. The van der Waals surface area contributed by atoms with Crippen LogP contribution in [-0.2, 0) is 9.59 Å². The summed E-state index contributed by atoms with van der Waals surface area (Å²) in [6, 6.07) is 22.6. The molecule has 1 atom stereocenters. The van der Waals surface area contributed by atoms with Crippen LogP contribution in [-0.4, -0.2) is 23.9 Å². The number of carbonyl (C=O) groups excluding carboxylic acids is 2. The maximum atomic E-state index is 13.2. The lowest BCUT2D eigenvalue weighted by molar-refractivity contribution is -0.132. The number of aryl methyl sites for hydroxylation is 1. The summed E-state index contributed by atoms with van der Waals surface area (Å²) < 4.78 is 5.45. The summed E-state index contributed by atoms with van der Waals surface area (Å²) in [7, 11) is 1.51. The largest absolute Gasteiger partial charge is 0.507 e. The Balaban J connectivity index is 1.99. The van der Waals surface area contributed by atoms with E-state index >= 15 is 0 Å². The molecule has 5 heteroatoms. The molecule has 5 nitrogen and oxygen atoms in total. The highest BCUT2D eigenvalue weighted by atomic mass is 16.5. The van der Waals surface area contributed by atoms with Crippen LogP contribution in [0, 0.1) is 6.92 Å². The highest BCUT2D eigenvalue weighted by Gasteiger charge is 2.47. The van der Waals surface area contributed by atoms with Gasteiger partial charge in [0.1, 0.15) is 11.5 Å². The van der Waals surface area contributed by atoms with E-state index in [1.807, 2.05) is 37.3 Å². The van der Waals surface area contributed by atoms with Gasteiger partial charge in [-0.15, -0.1) is 0 Å². The molecular formula is C25H21NO4. The minimum absolute atomic E-state index is 0.0581. The zero-order valence-corrected chi connectivity index (χ0v) is 16.7. The van der Waals surface area contributed by atoms with Crippen molar-refractivity contribution in [2.45, 2.75) is 13.0 Å². The third-order valence-electron chi connectivity index (χ3n) is 5.19. The fourth-order valence-corrected chi connectivity index (χ4v) is 3.82. The molecule has 1 fully saturated rings. The van der Waals surface area contributed by atoms with Gasteiger partial charge in [0.2, 0.25) is 0 Å². The number of aliphatic hydroxyl groups is 1. The Labute approximate surface area is 174 Å². The highest BCUT2D eigenvalue weighted by molar-refractivity contribution is 6.51. The fraction of sp³-hybridized carbons (Fsp3) is 0.120. The Morgan fingerprint density at radius 2 is 1.63 bits per heavy atom. The van der Waals surface area contributed by atoms with Gasteiger partial charge in [-0.25, -0.2) is 0 Å². The van der Waals surface area contributed by atoms with Gasteiger partial charge in [0.25, 0.3) is 11.7 Å². The summed E-state index contributed by atoms with van der Waals surface area (Å²) >= 11 is 0. The lowest BCUT2D eigenvalue weighted by Gasteiger charge is -2.27. The van der Waals surface area contributed by atoms with Crippen LogP contribution in [0.5, 0.6) is 5.75 Å². The third-order valence-corrected chi connectivity index (χ3v) is 5.19. The molecule has 1 amide bonds. The van der Waals surface area contributed by atoms with Gasteiger partial charge < -0.3 is 9.84 Å². The molecule has 0 saturated carbocycles. The van der Waals surface area contributed by atoms with Crippen molar-refractivity contribution in [1.29, 1.82) is 0 Å². The van der Waals surface area contributed by atoms with Crippen LogP contribution in [0.4, 0.5) is 5.69 Å². The normalized spacial score (nSPS) is 17.9. The van der Waals surface area contributed by atoms with Gasteiger partial charge >= 0.3 is 0 Å². The Morgan fingerprint density at radius 3 is 2.33 bits per heavy atom. The molecule has 1 saturated heterocycles. The topological polar surface area (TPSA) is 66.8 Å². The SMILES string of the molecule is COc1ccccc1N1C(=O)C(=O)/C(=C(\O)c2ccccc2)C1c1cccc(C)c1. The predicted octanol–water partition coefficient (Wildman–Crippen LogP) is 4.63. The van der Waals surface area contributed by atoms with Crippen molar-refractivity contribution in [1.82, 2.24) is 0 Å². The number of Topliss-reactive ketones (excluding diaryl/α,β-unsaturated/α-hetero) is 1. The van der Waals surface area contributed by atoms with Gasteiger partial charge in [-0.3, -0.25) is 14.5 Å². The van der Waals surface area contributed by atoms with E-state index in [2.05, 4.69) is 0 Å². The standard InChI is InChI=1S/C25H21NO4/c1-16-9-8-12-18(15-16)22-21(23(27)17-10-4-3-5-11-17)24(28)25(29)26(22)19-13-6-7-14-20(19)30-2/h3-15,22,27H,1-2H3/b23-21-. The molecule has 0 bridgehead atoms. The summed E-state index contributed by atoms with van der Waals surface area (Å²) in [6.45, 7) is 1.94. The van der Waals surface area contributed by atoms with Crippen molar-refractivity contribution >= 4 is 23.1 Å². The number of aliphatic hydroxyl groups excluding tert-OH is 1. The summed E-state index contributed by atoms with van der Waals surface area (Å²) in [6.07, 6.45) is 0. The molecule has 3 aromatic rings. The van der Waals surface area contributed by atoms with E-state index in [4.69, 9.17) is 4.74 Å². The van der Waals surface area contributed by atoms with Crippen LogP contribution in [0.2, 0.25) is 0 Å².